The lowest BCUT2D eigenvalue weighted by Gasteiger charge is -2.33. The Kier molecular flexibility index (Phi) is 7.35. The van der Waals surface area contributed by atoms with Crippen LogP contribution in [0.15, 0.2) is 24.3 Å². The van der Waals surface area contributed by atoms with Gasteiger partial charge in [-0.2, -0.15) is 0 Å². The summed E-state index contributed by atoms with van der Waals surface area (Å²) in [6, 6.07) is 8.58. The van der Waals surface area contributed by atoms with Crippen molar-refractivity contribution in [2.45, 2.75) is 32.7 Å². The van der Waals surface area contributed by atoms with E-state index in [-0.39, 0.29) is 12.4 Å². The first-order chi connectivity index (χ1) is 9.15. The van der Waals surface area contributed by atoms with Gasteiger partial charge in [0.25, 0.3) is 0 Å². The van der Waals surface area contributed by atoms with Crippen molar-refractivity contribution in [2.75, 3.05) is 26.2 Å². The summed E-state index contributed by atoms with van der Waals surface area (Å²) in [5, 5.41) is 0. The number of halogens is 1. The van der Waals surface area contributed by atoms with Crippen LogP contribution >= 0.6 is 12.4 Å². The van der Waals surface area contributed by atoms with Crippen LogP contribution in [0.3, 0.4) is 0 Å². The number of ether oxygens (including phenoxy) is 1. The van der Waals surface area contributed by atoms with Gasteiger partial charge in [0.05, 0.1) is 0 Å². The third-order valence-corrected chi connectivity index (χ3v) is 4.04. The second kappa shape index (κ2) is 8.50. The molecule has 0 spiro atoms. The van der Waals surface area contributed by atoms with Gasteiger partial charge >= 0.3 is 0 Å². The van der Waals surface area contributed by atoms with E-state index in [0.29, 0.717) is 12.0 Å². The van der Waals surface area contributed by atoms with Crippen molar-refractivity contribution in [2.24, 2.45) is 11.7 Å². The molecule has 0 bridgehead atoms. The summed E-state index contributed by atoms with van der Waals surface area (Å²) >= 11 is 0. The molecule has 1 aromatic carbocycles. The molecule has 0 aliphatic carbocycles. The number of hydrogen-bond donors (Lipinski definition) is 1. The normalized spacial score (nSPS) is 18.4. The molecular weight excluding hydrogens is 272 g/mol. The van der Waals surface area contributed by atoms with Crippen LogP contribution in [-0.2, 0) is 0 Å². The second-order valence-corrected chi connectivity index (χ2v) is 5.70. The van der Waals surface area contributed by atoms with Crippen LogP contribution in [0.4, 0.5) is 0 Å². The molecule has 0 amide bonds. The van der Waals surface area contributed by atoms with Crippen LogP contribution in [0.2, 0.25) is 0 Å². The van der Waals surface area contributed by atoms with Crippen molar-refractivity contribution in [3.63, 3.8) is 0 Å². The minimum atomic E-state index is 0. The Morgan fingerprint density at radius 1 is 1.35 bits per heavy atom. The molecule has 20 heavy (non-hydrogen) atoms. The first-order valence-corrected chi connectivity index (χ1v) is 7.32. The van der Waals surface area contributed by atoms with Crippen molar-refractivity contribution >= 4 is 12.4 Å². The largest absolute Gasteiger partial charge is 0.492 e. The first kappa shape index (κ1) is 17.3. The number of likely N-dealkylation sites (tertiary alicyclic amines) is 1. The van der Waals surface area contributed by atoms with Gasteiger partial charge in [0.1, 0.15) is 12.4 Å². The third kappa shape index (κ3) is 5.31. The van der Waals surface area contributed by atoms with Gasteiger partial charge in [-0.25, -0.2) is 0 Å². The Morgan fingerprint density at radius 2 is 2.05 bits per heavy atom. The highest BCUT2D eigenvalue weighted by Gasteiger charge is 2.21. The molecule has 1 aromatic rings. The topological polar surface area (TPSA) is 38.5 Å². The summed E-state index contributed by atoms with van der Waals surface area (Å²) < 4.78 is 5.80. The van der Waals surface area contributed by atoms with Gasteiger partial charge in [0.2, 0.25) is 0 Å². The Bertz CT molecular complexity index is 390. The predicted octanol–water partition coefficient (Wildman–Crippen LogP) is 2.85. The van der Waals surface area contributed by atoms with Gasteiger partial charge in [-0.15, -0.1) is 12.4 Å². The van der Waals surface area contributed by atoms with E-state index in [2.05, 4.69) is 30.9 Å². The van der Waals surface area contributed by atoms with Crippen molar-refractivity contribution < 1.29 is 4.74 Å². The SMILES string of the molecule is Cc1cccc(OCCN2CCC(C(C)N)CC2)c1.Cl. The second-order valence-electron chi connectivity index (χ2n) is 5.70. The number of nitrogens with zero attached hydrogens (tertiary/aromatic N) is 1. The number of aryl methyl sites for hydroxylation is 1. The lowest BCUT2D eigenvalue weighted by atomic mass is 9.91. The van der Waals surface area contributed by atoms with E-state index >= 15 is 0 Å². The Labute approximate surface area is 128 Å². The zero-order chi connectivity index (χ0) is 13.7. The zero-order valence-electron chi connectivity index (χ0n) is 12.5. The van der Waals surface area contributed by atoms with E-state index in [1.54, 1.807) is 0 Å². The van der Waals surface area contributed by atoms with E-state index in [1.807, 2.05) is 12.1 Å². The summed E-state index contributed by atoms with van der Waals surface area (Å²) in [5.74, 6) is 1.68. The summed E-state index contributed by atoms with van der Waals surface area (Å²) in [5.41, 5.74) is 7.21. The molecule has 1 aliphatic rings. The summed E-state index contributed by atoms with van der Waals surface area (Å²) in [6.45, 7) is 8.31. The molecule has 3 nitrogen and oxygen atoms in total. The highest BCUT2D eigenvalue weighted by Crippen LogP contribution is 2.19. The van der Waals surface area contributed by atoms with Crippen molar-refractivity contribution in [1.82, 2.24) is 4.90 Å². The fourth-order valence-electron chi connectivity index (χ4n) is 2.70. The molecule has 2 rings (SSSR count). The number of benzene rings is 1. The first-order valence-electron chi connectivity index (χ1n) is 7.32. The Morgan fingerprint density at radius 3 is 2.65 bits per heavy atom. The van der Waals surface area contributed by atoms with Gasteiger partial charge in [0, 0.05) is 12.6 Å². The average Bonchev–Trinajstić information content (AvgIpc) is 2.39. The molecule has 4 heteroatoms. The molecule has 0 radical (unpaired) electrons. The number of rotatable bonds is 5. The summed E-state index contributed by atoms with van der Waals surface area (Å²) in [4.78, 5) is 2.48. The lowest BCUT2D eigenvalue weighted by molar-refractivity contribution is 0.147. The maximum Gasteiger partial charge on any atom is 0.119 e. The molecule has 0 aromatic heterocycles. The molecular formula is C16H27ClN2O. The zero-order valence-corrected chi connectivity index (χ0v) is 13.4. The van der Waals surface area contributed by atoms with Crippen LogP contribution in [0, 0.1) is 12.8 Å². The highest BCUT2D eigenvalue weighted by atomic mass is 35.5. The van der Waals surface area contributed by atoms with Crippen molar-refractivity contribution in [1.29, 1.82) is 0 Å². The molecule has 1 saturated heterocycles. The maximum absolute atomic E-state index is 5.96. The third-order valence-electron chi connectivity index (χ3n) is 4.04. The quantitative estimate of drug-likeness (QED) is 0.908. The van der Waals surface area contributed by atoms with Gasteiger partial charge in [-0.3, -0.25) is 4.90 Å². The molecule has 1 unspecified atom stereocenters. The smallest absolute Gasteiger partial charge is 0.119 e. The molecule has 1 aliphatic heterocycles. The van der Waals surface area contributed by atoms with E-state index in [1.165, 1.54) is 18.4 Å². The molecule has 1 heterocycles. The van der Waals surface area contributed by atoms with Crippen LogP contribution in [0.5, 0.6) is 5.75 Å². The highest BCUT2D eigenvalue weighted by molar-refractivity contribution is 5.85. The van der Waals surface area contributed by atoms with Crippen LogP contribution in [0.1, 0.15) is 25.3 Å². The Hall–Kier alpha value is -0.770. The van der Waals surface area contributed by atoms with E-state index in [4.69, 9.17) is 10.5 Å². The molecule has 1 fully saturated rings. The predicted molar refractivity (Wildman–Crippen MR) is 86.7 cm³/mol. The molecule has 1 atom stereocenters. The standard InChI is InChI=1S/C16H26N2O.ClH/c1-13-4-3-5-16(12-13)19-11-10-18-8-6-15(7-9-18)14(2)17;/h3-5,12,14-15H,6-11,17H2,1-2H3;1H. The van der Waals surface area contributed by atoms with Crippen LogP contribution < -0.4 is 10.5 Å². The van der Waals surface area contributed by atoms with Gasteiger partial charge in [0.15, 0.2) is 0 Å². The maximum atomic E-state index is 5.96. The number of nitrogens with two attached hydrogens (primary N) is 1. The molecule has 0 saturated carbocycles. The molecule has 114 valence electrons. The number of hydrogen-bond acceptors (Lipinski definition) is 3. The van der Waals surface area contributed by atoms with Crippen LogP contribution in [-0.4, -0.2) is 37.2 Å². The van der Waals surface area contributed by atoms with Crippen LogP contribution in [0.25, 0.3) is 0 Å². The fourth-order valence-corrected chi connectivity index (χ4v) is 2.70. The average molecular weight is 299 g/mol. The van der Waals surface area contributed by atoms with Gasteiger partial charge in [-0.05, 0) is 63.4 Å². The fraction of sp³-hybridized carbons (Fsp3) is 0.625. The van der Waals surface area contributed by atoms with Gasteiger partial charge < -0.3 is 10.5 Å². The monoisotopic (exact) mass is 298 g/mol. The minimum Gasteiger partial charge on any atom is -0.492 e. The summed E-state index contributed by atoms with van der Waals surface area (Å²) in [6.07, 6.45) is 2.45. The number of piperidine rings is 1. The van der Waals surface area contributed by atoms with E-state index in [9.17, 15) is 0 Å². The summed E-state index contributed by atoms with van der Waals surface area (Å²) in [7, 11) is 0. The lowest BCUT2D eigenvalue weighted by Crippen LogP contribution is -2.41. The van der Waals surface area contributed by atoms with E-state index in [0.717, 1.165) is 32.0 Å². The van der Waals surface area contributed by atoms with Gasteiger partial charge in [-0.1, -0.05) is 12.1 Å². The Balaban J connectivity index is 0.00000200. The van der Waals surface area contributed by atoms with E-state index < -0.39 is 0 Å². The van der Waals surface area contributed by atoms with Crippen molar-refractivity contribution in [3.8, 4) is 5.75 Å². The minimum absolute atomic E-state index is 0. The molecule has 2 N–H and O–H groups in total. The van der Waals surface area contributed by atoms with Crippen molar-refractivity contribution in [3.05, 3.63) is 29.8 Å².